The van der Waals surface area contributed by atoms with E-state index in [2.05, 4.69) is 23.7 Å². The minimum absolute atomic E-state index is 0.217. The number of carbonyl (C=O) groups excluding carboxylic acids is 3. The summed E-state index contributed by atoms with van der Waals surface area (Å²) in [5.74, 6) is -1.24. The van der Waals surface area contributed by atoms with E-state index in [-0.39, 0.29) is 5.57 Å². The lowest BCUT2D eigenvalue weighted by molar-refractivity contribution is -0.144. The van der Waals surface area contributed by atoms with Crippen LogP contribution in [-0.4, -0.2) is 35.6 Å². The second kappa shape index (κ2) is 10.2. The standard InChI is InChI=1S/C19H26N4O4/c1-6-21-19(26)22-17(24)11-27-18(25)16(9-20)8-15-7-13(4)23(14(15)5)10-12(2)3/h7-8,12H,6,10-11H2,1-5H3,(H2,21,22,24,26). The number of hydrogen-bond acceptors (Lipinski definition) is 5. The number of rotatable bonds is 7. The minimum atomic E-state index is -0.919. The van der Waals surface area contributed by atoms with Crippen LogP contribution in [0.25, 0.3) is 6.08 Å². The van der Waals surface area contributed by atoms with Crippen molar-refractivity contribution in [3.8, 4) is 6.07 Å². The number of imide groups is 1. The molecule has 1 heterocycles. The summed E-state index contributed by atoms with van der Waals surface area (Å²) in [6.07, 6.45) is 1.45. The van der Waals surface area contributed by atoms with Gasteiger partial charge in [0.25, 0.3) is 5.91 Å². The molecule has 0 bridgehead atoms. The number of hydrogen-bond donors (Lipinski definition) is 2. The van der Waals surface area contributed by atoms with Crippen LogP contribution in [0.3, 0.4) is 0 Å². The Hall–Kier alpha value is -3.08. The molecule has 3 amide bonds. The number of carbonyl (C=O) groups is 3. The Morgan fingerprint density at radius 2 is 2.00 bits per heavy atom. The van der Waals surface area contributed by atoms with E-state index in [9.17, 15) is 19.6 Å². The summed E-state index contributed by atoms with van der Waals surface area (Å²) in [6, 6.07) is 3.02. The van der Waals surface area contributed by atoms with E-state index < -0.39 is 24.5 Å². The zero-order valence-electron chi connectivity index (χ0n) is 16.4. The van der Waals surface area contributed by atoms with Crippen LogP contribution in [-0.2, 0) is 20.9 Å². The third kappa shape index (κ3) is 6.62. The summed E-state index contributed by atoms with van der Waals surface area (Å²) in [7, 11) is 0. The fraction of sp³-hybridized carbons (Fsp3) is 0.474. The Bertz CT molecular complexity index is 784. The van der Waals surface area contributed by atoms with E-state index in [0.29, 0.717) is 12.5 Å². The van der Waals surface area contributed by atoms with Gasteiger partial charge >= 0.3 is 12.0 Å². The molecule has 0 aliphatic heterocycles. The molecule has 0 aromatic carbocycles. The van der Waals surface area contributed by atoms with E-state index in [0.717, 1.165) is 23.5 Å². The smallest absolute Gasteiger partial charge is 0.349 e. The normalized spacial score (nSPS) is 11.1. The molecule has 0 spiro atoms. The first-order valence-electron chi connectivity index (χ1n) is 8.72. The molecular weight excluding hydrogens is 348 g/mol. The minimum Gasteiger partial charge on any atom is -0.451 e. The molecule has 0 radical (unpaired) electrons. The van der Waals surface area contributed by atoms with Crippen LogP contribution in [0.2, 0.25) is 0 Å². The van der Waals surface area contributed by atoms with E-state index in [1.54, 1.807) is 13.0 Å². The van der Waals surface area contributed by atoms with Gasteiger partial charge in [0, 0.05) is 24.5 Å². The van der Waals surface area contributed by atoms with Crippen LogP contribution in [0, 0.1) is 31.1 Å². The van der Waals surface area contributed by atoms with E-state index in [1.807, 2.05) is 25.2 Å². The topological polar surface area (TPSA) is 113 Å². The number of aryl methyl sites for hydroxylation is 1. The van der Waals surface area contributed by atoms with Gasteiger partial charge in [-0.15, -0.1) is 0 Å². The molecule has 1 aromatic heterocycles. The monoisotopic (exact) mass is 374 g/mol. The van der Waals surface area contributed by atoms with Gasteiger partial charge in [0.1, 0.15) is 11.6 Å². The highest BCUT2D eigenvalue weighted by Gasteiger charge is 2.16. The lowest BCUT2D eigenvalue weighted by Gasteiger charge is -2.12. The van der Waals surface area contributed by atoms with Gasteiger partial charge < -0.3 is 14.6 Å². The predicted molar refractivity (Wildman–Crippen MR) is 101 cm³/mol. The zero-order valence-corrected chi connectivity index (χ0v) is 16.4. The molecule has 2 N–H and O–H groups in total. The fourth-order valence-electron chi connectivity index (χ4n) is 2.49. The molecule has 0 saturated heterocycles. The molecule has 0 unspecified atom stereocenters. The van der Waals surface area contributed by atoms with Crippen LogP contribution in [0.15, 0.2) is 11.6 Å². The molecular formula is C19H26N4O4. The molecule has 8 heteroatoms. The Kier molecular flexibility index (Phi) is 8.27. The summed E-state index contributed by atoms with van der Waals surface area (Å²) in [5.41, 5.74) is 2.49. The van der Waals surface area contributed by atoms with Crippen molar-refractivity contribution in [2.45, 2.75) is 41.2 Å². The Labute approximate surface area is 159 Å². The molecule has 8 nitrogen and oxygen atoms in total. The van der Waals surface area contributed by atoms with Gasteiger partial charge in [-0.1, -0.05) is 13.8 Å². The van der Waals surface area contributed by atoms with Crippen molar-refractivity contribution in [3.63, 3.8) is 0 Å². The zero-order chi connectivity index (χ0) is 20.6. The van der Waals surface area contributed by atoms with Crippen molar-refractivity contribution in [1.29, 1.82) is 5.26 Å². The predicted octanol–water partition coefficient (Wildman–Crippen LogP) is 2.06. The van der Waals surface area contributed by atoms with Crippen molar-refractivity contribution in [2.75, 3.05) is 13.2 Å². The summed E-state index contributed by atoms with van der Waals surface area (Å²) in [6.45, 7) is 10.3. The van der Waals surface area contributed by atoms with Gasteiger partial charge in [0.2, 0.25) is 0 Å². The Morgan fingerprint density at radius 1 is 1.33 bits per heavy atom. The highest BCUT2D eigenvalue weighted by Crippen LogP contribution is 2.20. The third-order valence-electron chi connectivity index (χ3n) is 3.73. The highest BCUT2D eigenvalue weighted by molar-refractivity contribution is 6.00. The number of amides is 3. The molecule has 0 atom stereocenters. The third-order valence-corrected chi connectivity index (χ3v) is 3.73. The lowest BCUT2D eigenvalue weighted by Crippen LogP contribution is -2.41. The summed E-state index contributed by atoms with van der Waals surface area (Å²) >= 11 is 0. The van der Waals surface area contributed by atoms with Crippen molar-refractivity contribution in [1.82, 2.24) is 15.2 Å². The summed E-state index contributed by atoms with van der Waals surface area (Å²) < 4.78 is 6.94. The molecule has 0 aliphatic carbocycles. The largest absolute Gasteiger partial charge is 0.451 e. The Balaban J connectivity index is 2.83. The molecule has 1 rings (SSSR count). The van der Waals surface area contributed by atoms with Crippen molar-refractivity contribution >= 4 is 24.0 Å². The van der Waals surface area contributed by atoms with Crippen molar-refractivity contribution < 1.29 is 19.1 Å². The van der Waals surface area contributed by atoms with E-state index >= 15 is 0 Å². The van der Waals surface area contributed by atoms with Gasteiger partial charge in [-0.3, -0.25) is 10.1 Å². The molecule has 1 aromatic rings. The van der Waals surface area contributed by atoms with Crippen LogP contribution >= 0.6 is 0 Å². The first-order valence-corrected chi connectivity index (χ1v) is 8.72. The maximum absolute atomic E-state index is 12.1. The number of aromatic nitrogens is 1. The number of ether oxygens (including phenoxy) is 1. The van der Waals surface area contributed by atoms with Gasteiger partial charge in [0.05, 0.1) is 0 Å². The van der Waals surface area contributed by atoms with Crippen LogP contribution in [0.4, 0.5) is 4.79 Å². The molecule has 0 saturated carbocycles. The quantitative estimate of drug-likeness (QED) is 0.431. The number of esters is 1. The lowest BCUT2D eigenvalue weighted by atomic mass is 10.1. The van der Waals surface area contributed by atoms with E-state index in [4.69, 9.17) is 4.74 Å². The summed E-state index contributed by atoms with van der Waals surface area (Å²) in [4.78, 5) is 34.9. The average molecular weight is 374 g/mol. The maximum Gasteiger partial charge on any atom is 0.349 e. The van der Waals surface area contributed by atoms with Crippen molar-refractivity contribution in [3.05, 3.63) is 28.6 Å². The SMILES string of the molecule is CCNC(=O)NC(=O)COC(=O)C(C#N)=Cc1cc(C)n(CC(C)C)c1C. The van der Waals surface area contributed by atoms with Crippen LogP contribution in [0.1, 0.15) is 37.7 Å². The van der Waals surface area contributed by atoms with Gasteiger partial charge in [-0.05, 0) is 44.4 Å². The number of urea groups is 1. The summed E-state index contributed by atoms with van der Waals surface area (Å²) in [5, 5.41) is 13.6. The van der Waals surface area contributed by atoms with Crippen molar-refractivity contribution in [2.24, 2.45) is 5.92 Å². The molecule has 27 heavy (non-hydrogen) atoms. The number of nitrogens with zero attached hydrogens (tertiary/aromatic N) is 2. The molecule has 0 fully saturated rings. The van der Waals surface area contributed by atoms with Gasteiger partial charge in [-0.25, -0.2) is 9.59 Å². The molecule has 146 valence electrons. The maximum atomic E-state index is 12.1. The number of nitrogens with one attached hydrogen (secondary N) is 2. The van der Waals surface area contributed by atoms with Crippen LogP contribution < -0.4 is 10.6 Å². The second-order valence-corrected chi connectivity index (χ2v) is 6.48. The first kappa shape index (κ1) is 22.0. The van der Waals surface area contributed by atoms with Gasteiger partial charge in [0.15, 0.2) is 6.61 Å². The average Bonchev–Trinajstić information content (AvgIpc) is 2.84. The highest BCUT2D eigenvalue weighted by atomic mass is 16.5. The second-order valence-electron chi connectivity index (χ2n) is 6.48. The first-order chi connectivity index (χ1) is 12.7. The molecule has 0 aliphatic rings. The Morgan fingerprint density at radius 3 is 2.56 bits per heavy atom. The van der Waals surface area contributed by atoms with Crippen LogP contribution in [0.5, 0.6) is 0 Å². The number of nitriles is 1. The van der Waals surface area contributed by atoms with E-state index in [1.165, 1.54) is 6.08 Å². The van der Waals surface area contributed by atoms with Gasteiger partial charge in [-0.2, -0.15) is 5.26 Å². The fourth-order valence-corrected chi connectivity index (χ4v) is 2.49.